The molecule has 0 N–H and O–H groups in total. The van der Waals surface area contributed by atoms with E-state index in [1.807, 2.05) is 109 Å². The van der Waals surface area contributed by atoms with E-state index in [0.29, 0.717) is 11.5 Å². The maximum atomic E-state index is 15.4. The molecule has 2 aliphatic rings. The Morgan fingerprint density at radius 1 is 0.282 bits per heavy atom. The van der Waals surface area contributed by atoms with Crippen LogP contribution in [0.5, 0.6) is 23.0 Å². The number of anilines is 6. The largest absolute Gasteiger partial charge is 0.457 e. The highest BCUT2D eigenvalue weighted by atomic mass is 32.1. The van der Waals surface area contributed by atoms with Crippen LogP contribution in [0.3, 0.4) is 0 Å². The average Bonchev–Trinajstić information content (AvgIpc) is 1.53. The predicted molar refractivity (Wildman–Crippen MR) is 455 cm³/mol. The molecule has 18 aromatic rings. The van der Waals surface area contributed by atoms with Crippen molar-refractivity contribution in [3.05, 3.63) is 444 Å². The summed E-state index contributed by atoms with van der Waals surface area (Å²) in [6, 6.07) is 127. The smallest absolute Gasteiger partial charge is 0.127 e. The van der Waals surface area contributed by atoms with Crippen molar-refractivity contribution in [1.82, 2.24) is 0 Å². The first-order valence-corrected chi connectivity index (χ1v) is 38.5. The number of ether oxygens (including phenoxy) is 2. The molecule has 2 atom stereocenters. The van der Waals surface area contributed by atoms with E-state index >= 15 is 8.78 Å². The third kappa shape index (κ3) is 10.8. The van der Waals surface area contributed by atoms with Gasteiger partial charge in [0, 0.05) is 63.1 Å². The molecule has 0 aliphatic heterocycles. The molecule has 2 aliphatic carbocycles. The minimum Gasteiger partial charge on any atom is -0.457 e. The molecule has 2 unspecified atom stereocenters. The summed E-state index contributed by atoms with van der Waals surface area (Å²) >= 11 is 3.61. The monoisotopic (exact) mass is 1450 g/mol. The molecule has 2 heterocycles. The molecule has 0 saturated heterocycles. The fourth-order valence-corrected chi connectivity index (χ4v) is 19.6. The summed E-state index contributed by atoms with van der Waals surface area (Å²) in [6.07, 6.45) is 3.64. The standard InChI is InChI=1S/C102H66F2N2O2S2/c1-3-65-27-53-79(54-28-65)107-81-57-39-71(40-58-81)101(69-35-43-73(103)44-36-69)89-19-9-5-15-83(89)85-61-51-77(63-91(85)101)105(93-21-13-25-97-99(93)87-17-7-11-23-95(87)109-97)75-47-31-67(32-48-75)68-33-49-76(50-34-68)106(94-22-14-26-98-100(94)88-18-8-12-24-96(88)110-98)78-52-62-86-84-16-6-10-20-90(84)102(92(86)64-78,70-37-45-74(104)46-38-70)72-41-59-82(60-42-72)108-80-55-29-66(4-2)30-56-80/h3-64H,1-2H2. The fraction of sp³-hybridized carbons (Fsp3) is 0.0196. The maximum Gasteiger partial charge on any atom is 0.127 e. The van der Waals surface area contributed by atoms with Crippen LogP contribution in [0.1, 0.15) is 55.6 Å². The zero-order valence-corrected chi connectivity index (χ0v) is 61.1. The zero-order valence-electron chi connectivity index (χ0n) is 59.5. The van der Waals surface area contributed by atoms with E-state index in [9.17, 15) is 0 Å². The second-order valence-corrected chi connectivity index (χ2v) is 30.3. The molecule has 0 saturated carbocycles. The van der Waals surface area contributed by atoms with Gasteiger partial charge in [-0.2, -0.15) is 0 Å². The molecule has 20 rings (SSSR count). The van der Waals surface area contributed by atoms with Gasteiger partial charge in [-0.15, -0.1) is 22.7 Å². The Labute approximate surface area is 644 Å². The summed E-state index contributed by atoms with van der Waals surface area (Å²) in [5.74, 6) is 2.25. The first-order valence-electron chi connectivity index (χ1n) is 36.8. The van der Waals surface area contributed by atoms with Crippen LogP contribution in [-0.2, 0) is 10.8 Å². The molecule has 0 radical (unpaired) electrons. The number of hydrogen-bond acceptors (Lipinski definition) is 6. The van der Waals surface area contributed by atoms with Crippen molar-refractivity contribution >= 4 is 109 Å². The second-order valence-electron chi connectivity index (χ2n) is 28.1. The lowest BCUT2D eigenvalue weighted by atomic mass is 9.67. The minimum atomic E-state index is -0.868. The Bertz CT molecular complexity index is 6230. The van der Waals surface area contributed by atoms with Crippen LogP contribution < -0.4 is 19.3 Å². The van der Waals surface area contributed by atoms with E-state index in [1.165, 1.54) is 40.3 Å². The quantitative estimate of drug-likeness (QED) is 0.0907. The molecule has 0 fully saturated rings. The van der Waals surface area contributed by atoms with Crippen LogP contribution in [0.2, 0.25) is 0 Å². The molecule has 16 aromatic carbocycles. The van der Waals surface area contributed by atoms with Gasteiger partial charge >= 0.3 is 0 Å². The van der Waals surface area contributed by atoms with Gasteiger partial charge < -0.3 is 19.3 Å². The number of nitrogens with zero attached hydrogens (tertiary/aromatic N) is 2. The number of hydrogen-bond donors (Lipinski definition) is 0. The molecule has 110 heavy (non-hydrogen) atoms. The van der Waals surface area contributed by atoms with E-state index in [1.54, 1.807) is 46.9 Å². The maximum absolute atomic E-state index is 15.4. The van der Waals surface area contributed by atoms with Crippen LogP contribution >= 0.6 is 22.7 Å². The molecule has 0 spiro atoms. The molecule has 522 valence electrons. The third-order valence-electron chi connectivity index (χ3n) is 22.2. The minimum absolute atomic E-state index is 0.299. The highest BCUT2D eigenvalue weighted by Crippen LogP contribution is 2.61. The normalized spacial score (nSPS) is 14.6. The molecule has 0 amide bonds. The highest BCUT2D eigenvalue weighted by molar-refractivity contribution is 7.26. The van der Waals surface area contributed by atoms with Crippen molar-refractivity contribution in [2.75, 3.05) is 9.80 Å². The number of halogens is 2. The summed E-state index contributed by atoms with van der Waals surface area (Å²) in [6.45, 7) is 7.86. The zero-order chi connectivity index (χ0) is 73.6. The lowest BCUT2D eigenvalue weighted by Crippen LogP contribution is -2.29. The van der Waals surface area contributed by atoms with E-state index in [0.717, 1.165) is 135 Å². The number of benzene rings is 16. The van der Waals surface area contributed by atoms with Gasteiger partial charge in [-0.05, 0) is 247 Å². The molecule has 8 heteroatoms. The Kier molecular flexibility index (Phi) is 16.1. The molecular weight excluding hydrogens is 1390 g/mol. The first-order chi connectivity index (χ1) is 54.2. The van der Waals surface area contributed by atoms with E-state index in [4.69, 9.17) is 9.47 Å². The lowest BCUT2D eigenvalue weighted by molar-refractivity contribution is 0.482. The van der Waals surface area contributed by atoms with Crippen LogP contribution in [-0.4, -0.2) is 0 Å². The van der Waals surface area contributed by atoms with Gasteiger partial charge in [0.1, 0.15) is 34.6 Å². The number of thiophene rings is 2. The van der Waals surface area contributed by atoms with E-state index in [2.05, 4.69) is 266 Å². The third-order valence-corrected chi connectivity index (χ3v) is 24.5. The van der Waals surface area contributed by atoms with Crippen molar-refractivity contribution in [3.63, 3.8) is 0 Å². The lowest BCUT2D eigenvalue weighted by Gasteiger charge is -2.35. The van der Waals surface area contributed by atoms with Gasteiger partial charge in [-0.25, -0.2) is 8.78 Å². The van der Waals surface area contributed by atoms with Gasteiger partial charge in [-0.3, -0.25) is 0 Å². The first kappa shape index (κ1) is 66.0. The molecule has 4 nitrogen and oxygen atoms in total. The van der Waals surface area contributed by atoms with E-state index < -0.39 is 10.8 Å². The van der Waals surface area contributed by atoms with Gasteiger partial charge in [0.25, 0.3) is 0 Å². The van der Waals surface area contributed by atoms with Crippen molar-refractivity contribution in [2.45, 2.75) is 10.8 Å². The van der Waals surface area contributed by atoms with Crippen LogP contribution in [0, 0.1) is 11.6 Å². The Hall–Kier alpha value is -13.5. The summed E-state index contributed by atoms with van der Waals surface area (Å²) in [7, 11) is 0. The Balaban J connectivity index is 0.716. The van der Waals surface area contributed by atoms with Gasteiger partial charge in [0.15, 0.2) is 0 Å². The Morgan fingerprint density at radius 3 is 0.982 bits per heavy atom. The molecule has 0 bridgehead atoms. The summed E-state index contributed by atoms with van der Waals surface area (Å²) < 4.78 is 48.5. The second kappa shape index (κ2) is 26.8. The van der Waals surface area contributed by atoms with Crippen molar-refractivity contribution in [1.29, 1.82) is 0 Å². The Morgan fingerprint density at radius 2 is 0.600 bits per heavy atom. The number of fused-ring (bicyclic) bond motifs is 12. The topological polar surface area (TPSA) is 24.9 Å². The summed E-state index contributed by atoms with van der Waals surface area (Å²) in [5, 5.41) is 4.73. The summed E-state index contributed by atoms with van der Waals surface area (Å²) in [5.41, 5.74) is 21.2. The number of rotatable bonds is 17. The van der Waals surface area contributed by atoms with Crippen molar-refractivity contribution < 1.29 is 18.3 Å². The van der Waals surface area contributed by atoms with Crippen molar-refractivity contribution in [3.8, 4) is 56.4 Å². The van der Waals surface area contributed by atoms with Gasteiger partial charge in [-0.1, -0.05) is 232 Å². The molecular formula is C102H66F2N2O2S2. The van der Waals surface area contributed by atoms with Gasteiger partial charge in [0.05, 0.1) is 22.2 Å². The summed E-state index contributed by atoms with van der Waals surface area (Å²) in [4.78, 5) is 4.84. The van der Waals surface area contributed by atoms with Crippen LogP contribution in [0.15, 0.2) is 377 Å². The molecule has 2 aromatic heterocycles. The predicted octanol–water partition coefficient (Wildman–Crippen LogP) is 28.9. The van der Waals surface area contributed by atoms with Gasteiger partial charge in [0.2, 0.25) is 0 Å². The SMILES string of the molecule is C=Cc1ccc(Oc2ccc(C3(c4ccc(F)cc4)c4ccccc4-c4ccc(N(c5ccc(-c6ccc(N(c7ccc8c(c7)C(c7ccc(F)cc7)(c7ccc(Oc9ccc(C=C)cc9)cc7)c7ccccc7-8)c7cccc8sc9ccccc9c78)cc6)cc5)c5cccc6sc7ccccc7c56)cc43)cc2)cc1. The average molecular weight is 1450 g/mol. The fourth-order valence-electron chi connectivity index (χ4n) is 17.3. The van der Waals surface area contributed by atoms with Crippen molar-refractivity contribution in [2.24, 2.45) is 0 Å². The van der Waals surface area contributed by atoms with E-state index in [-0.39, 0.29) is 11.6 Å². The van der Waals surface area contributed by atoms with Crippen LogP contribution in [0.4, 0.5) is 42.9 Å². The highest BCUT2D eigenvalue weighted by Gasteiger charge is 2.48. The van der Waals surface area contributed by atoms with Crippen LogP contribution in [0.25, 0.3) is 85.9 Å².